The van der Waals surface area contributed by atoms with Gasteiger partial charge in [0.1, 0.15) is 51.9 Å². The molecule has 0 unspecified atom stereocenters. The molecule has 182 valence electrons. The molecule has 0 bridgehead atoms. The van der Waals surface area contributed by atoms with Gasteiger partial charge in [-0.3, -0.25) is 0 Å². The number of benzene rings is 2. The number of nitriles is 1. The topological polar surface area (TPSA) is 94.8 Å². The molecule has 4 aromatic heterocycles. The van der Waals surface area contributed by atoms with Gasteiger partial charge >= 0.3 is 0 Å². The molecule has 0 fully saturated rings. The molecule has 0 saturated heterocycles. The molecule has 4 heterocycles. The lowest BCUT2D eigenvalue weighted by Gasteiger charge is -2.08. The van der Waals surface area contributed by atoms with Crippen molar-refractivity contribution in [3.63, 3.8) is 0 Å². The Morgan fingerprint density at radius 1 is 0.973 bits per heavy atom. The number of hydrogen-bond donors (Lipinski definition) is 0. The lowest BCUT2D eigenvalue weighted by molar-refractivity contribution is 0.303. The number of hydrogen-bond acceptors (Lipinski definition) is 8. The second-order valence-electron chi connectivity index (χ2n) is 8.23. The number of imidazole rings is 1. The molecule has 0 aliphatic rings. The number of methoxy groups -OCH3 is 2. The molecule has 0 radical (unpaired) electrons. The van der Waals surface area contributed by atoms with Crippen molar-refractivity contribution in [2.75, 3.05) is 14.2 Å². The second kappa shape index (κ2) is 9.33. The first-order valence-electron chi connectivity index (χ1n) is 11.4. The van der Waals surface area contributed by atoms with Crippen LogP contribution < -0.4 is 14.2 Å². The fourth-order valence-electron chi connectivity index (χ4n) is 4.01. The van der Waals surface area contributed by atoms with Crippen molar-refractivity contribution in [1.82, 2.24) is 14.4 Å². The quantitative estimate of drug-likeness (QED) is 0.248. The summed E-state index contributed by atoms with van der Waals surface area (Å²) in [7, 11) is 3.25. The SMILES string of the molecule is COc1ccc(-c2nc(COc3cc(OC)cc4oc(-c5cn6cc(C#N)ccc6n5)cc34)cs2)cc1. The number of nitrogens with zero attached hydrogens (tertiary/aromatic N) is 4. The summed E-state index contributed by atoms with van der Waals surface area (Å²) in [6.07, 6.45) is 3.57. The maximum absolute atomic E-state index is 9.17. The highest BCUT2D eigenvalue weighted by molar-refractivity contribution is 7.13. The van der Waals surface area contributed by atoms with E-state index in [9.17, 15) is 5.26 Å². The zero-order chi connectivity index (χ0) is 25.4. The van der Waals surface area contributed by atoms with Gasteiger partial charge in [0.05, 0.1) is 30.9 Å². The van der Waals surface area contributed by atoms with Crippen LogP contribution in [-0.4, -0.2) is 28.6 Å². The van der Waals surface area contributed by atoms with E-state index in [1.807, 2.05) is 58.4 Å². The summed E-state index contributed by atoms with van der Waals surface area (Å²) in [4.78, 5) is 9.36. The van der Waals surface area contributed by atoms with E-state index in [1.165, 1.54) is 0 Å². The normalized spacial score (nSPS) is 11.1. The van der Waals surface area contributed by atoms with E-state index in [0.29, 0.717) is 40.7 Å². The van der Waals surface area contributed by atoms with Crippen LogP contribution in [0, 0.1) is 11.3 Å². The van der Waals surface area contributed by atoms with Gasteiger partial charge in [0.25, 0.3) is 0 Å². The van der Waals surface area contributed by atoms with Crippen molar-refractivity contribution in [2.45, 2.75) is 6.61 Å². The molecule has 6 rings (SSSR count). The third-order valence-corrected chi connectivity index (χ3v) is 6.85. The van der Waals surface area contributed by atoms with Gasteiger partial charge in [-0.2, -0.15) is 5.26 Å². The Labute approximate surface area is 215 Å². The van der Waals surface area contributed by atoms with Crippen molar-refractivity contribution in [3.8, 4) is 45.3 Å². The van der Waals surface area contributed by atoms with Gasteiger partial charge in [0.2, 0.25) is 0 Å². The van der Waals surface area contributed by atoms with Crippen LogP contribution in [-0.2, 0) is 6.61 Å². The van der Waals surface area contributed by atoms with Crippen LogP contribution in [0.15, 0.2) is 76.8 Å². The molecule has 2 aromatic carbocycles. The summed E-state index contributed by atoms with van der Waals surface area (Å²) >= 11 is 1.56. The average Bonchev–Trinajstić information content (AvgIpc) is 3.69. The van der Waals surface area contributed by atoms with Crippen LogP contribution in [0.1, 0.15) is 11.3 Å². The van der Waals surface area contributed by atoms with E-state index in [-0.39, 0.29) is 0 Å². The number of furan rings is 1. The number of rotatable bonds is 7. The van der Waals surface area contributed by atoms with Crippen LogP contribution in [0.4, 0.5) is 0 Å². The Balaban J connectivity index is 1.28. The Morgan fingerprint density at radius 3 is 2.59 bits per heavy atom. The minimum absolute atomic E-state index is 0.292. The highest BCUT2D eigenvalue weighted by Gasteiger charge is 2.16. The van der Waals surface area contributed by atoms with E-state index in [4.69, 9.17) is 23.6 Å². The average molecular weight is 509 g/mol. The number of aromatic nitrogens is 3. The van der Waals surface area contributed by atoms with Crippen LogP contribution in [0.25, 0.3) is 38.6 Å². The largest absolute Gasteiger partial charge is 0.497 e. The van der Waals surface area contributed by atoms with E-state index in [0.717, 1.165) is 33.0 Å². The summed E-state index contributed by atoms with van der Waals surface area (Å²) in [5, 5.41) is 12.9. The van der Waals surface area contributed by atoms with Gasteiger partial charge < -0.3 is 23.0 Å². The Bertz CT molecular complexity index is 1780. The van der Waals surface area contributed by atoms with Gasteiger partial charge in [-0.1, -0.05) is 0 Å². The zero-order valence-corrected chi connectivity index (χ0v) is 20.8. The van der Waals surface area contributed by atoms with Crippen molar-refractivity contribution < 1.29 is 18.6 Å². The fourth-order valence-corrected chi connectivity index (χ4v) is 4.82. The Kier molecular flexibility index (Phi) is 5.71. The molecular formula is C28H20N4O4S. The van der Waals surface area contributed by atoms with E-state index < -0.39 is 0 Å². The van der Waals surface area contributed by atoms with Crippen LogP contribution in [0.5, 0.6) is 17.2 Å². The first-order chi connectivity index (χ1) is 18.1. The smallest absolute Gasteiger partial charge is 0.155 e. The standard InChI is InChI=1S/C28H20N4O4S/c1-33-20-6-4-18(5-7-20)28-30-19(16-37-28)15-35-24-9-21(34-2)10-25-22(24)11-26(36-25)23-14-32-13-17(12-29)3-8-27(32)31-23/h3-11,13-14,16H,15H2,1-2H3. The van der Waals surface area contributed by atoms with Crippen LogP contribution in [0.2, 0.25) is 0 Å². The maximum Gasteiger partial charge on any atom is 0.155 e. The maximum atomic E-state index is 9.17. The number of fused-ring (bicyclic) bond motifs is 2. The van der Waals surface area contributed by atoms with Gasteiger partial charge in [-0.25, -0.2) is 9.97 Å². The molecule has 8 nitrogen and oxygen atoms in total. The van der Waals surface area contributed by atoms with E-state index >= 15 is 0 Å². The predicted molar refractivity (Wildman–Crippen MR) is 140 cm³/mol. The van der Waals surface area contributed by atoms with Crippen LogP contribution >= 0.6 is 11.3 Å². The van der Waals surface area contributed by atoms with E-state index in [2.05, 4.69) is 11.1 Å². The highest BCUT2D eigenvalue weighted by atomic mass is 32.1. The lowest BCUT2D eigenvalue weighted by atomic mass is 10.2. The van der Waals surface area contributed by atoms with Crippen molar-refractivity contribution >= 4 is 28.0 Å². The predicted octanol–water partition coefficient (Wildman–Crippen LogP) is 6.34. The first-order valence-corrected chi connectivity index (χ1v) is 12.2. The third-order valence-electron chi connectivity index (χ3n) is 5.91. The molecule has 0 N–H and O–H groups in total. The minimum Gasteiger partial charge on any atom is -0.497 e. The van der Waals surface area contributed by atoms with E-state index in [1.54, 1.807) is 43.9 Å². The molecule has 6 aromatic rings. The molecule has 0 atom stereocenters. The van der Waals surface area contributed by atoms with Gasteiger partial charge in [0, 0.05) is 35.5 Å². The van der Waals surface area contributed by atoms with Crippen molar-refractivity contribution in [3.05, 3.63) is 83.6 Å². The minimum atomic E-state index is 0.292. The van der Waals surface area contributed by atoms with Gasteiger partial charge in [-0.15, -0.1) is 11.3 Å². The molecule has 9 heteroatoms. The molecular weight excluding hydrogens is 488 g/mol. The van der Waals surface area contributed by atoms with Gasteiger partial charge in [-0.05, 0) is 42.5 Å². The van der Waals surface area contributed by atoms with Crippen molar-refractivity contribution in [2.24, 2.45) is 0 Å². The molecule has 0 spiro atoms. The number of pyridine rings is 1. The first kappa shape index (κ1) is 22.6. The Morgan fingerprint density at radius 2 is 1.81 bits per heavy atom. The third kappa shape index (κ3) is 4.35. The summed E-state index contributed by atoms with van der Waals surface area (Å²) in [6, 6.07) is 19.0. The molecule has 0 amide bonds. The van der Waals surface area contributed by atoms with Crippen molar-refractivity contribution in [1.29, 1.82) is 5.26 Å². The Hall–Kier alpha value is -4.81. The monoisotopic (exact) mass is 508 g/mol. The molecule has 0 aliphatic heterocycles. The molecule has 0 saturated carbocycles. The van der Waals surface area contributed by atoms with Crippen LogP contribution in [0.3, 0.4) is 0 Å². The summed E-state index contributed by atoms with van der Waals surface area (Å²) in [6.45, 7) is 0.292. The van der Waals surface area contributed by atoms with Gasteiger partial charge in [0.15, 0.2) is 5.76 Å². The molecule has 37 heavy (non-hydrogen) atoms. The highest BCUT2D eigenvalue weighted by Crippen LogP contribution is 2.37. The zero-order valence-electron chi connectivity index (χ0n) is 20.0. The summed E-state index contributed by atoms with van der Waals surface area (Å²) < 4.78 is 24.8. The lowest BCUT2D eigenvalue weighted by Crippen LogP contribution is -1.97. The fraction of sp³-hybridized carbons (Fsp3) is 0.107. The number of thiazole rings is 1. The second-order valence-corrected chi connectivity index (χ2v) is 9.09. The summed E-state index contributed by atoms with van der Waals surface area (Å²) in [5.41, 5.74) is 4.40. The number of ether oxygens (including phenoxy) is 3. The molecule has 0 aliphatic carbocycles. The summed E-state index contributed by atoms with van der Waals surface area (Å²) in [5.74, 6) is 2.64.